The van der Waals surface area contributed by atoms with Crippen molar-refractivity contribution < 1.29 is 14.7 Å². The van der Waals surface area contributed by atoms with Crippen LogP contribution >= 0.6 is 11.3 Å². The predicted octanol–water partition coefficient (Wildman–Crippen LogP) is 1.52. The van der Waals surface area contributed by atoms with E-state index in [1.807, 2.05) is 25.3 Å². The van der Waals surface area contributed by atoms with E-state index in [0.29, 0.717) is 13.0 Å². The van der Waals surface area contributed by atoms with E-state index >= 15 is 0 Å². The van der Waals surface area contributed by atoms with Gasteiger partial charge in [-0.15, -0.1) is 11.3 Å². The highest BCUT2D eigenvalue weighted by atomic mass is 32.1. The summed E-state index contributed by atoms with van der Waals surface area (Å²) in [6.07, 6.45) is 1.28. The van der Waals surface area contributed by atoms with Crippen molar-refractivity contribution in [3.05, 3.63) is 21.9 Å². The van der Waals surface area contributed by atoms with Gasteiger partial charge in [0.2, 0.25) is 5.91 Å². The van der Waals surface area contributed by atoms with Crippen molar-refractivity contribution in [2.75, 3.05) is 6.54 Å². The van der Waals surface area contributed by atoms with Crippen LogP contribution in [-0.4, -0.2) is 29.6 Å². The van der Waals surface area contributed by atoms with Crippen LogP contribution in [0.4, 0.5) is 0 Å². The molecule has 0 aliphatic carbocycles. The largest absolute Gasteiger partial charge is 0.480 e. The van der Waals surface area contributed by atoms with Crippen molar-refractivity contribution in [1.29, 1.82) is 0 Å². The molecule has 1 rings (SSSR count). The van der Waals surface area contributed by atoms with Crippen molar-refractivity contribution in [1.82, 2.24) is 10.6 Å². The Morgan fingerprint density at radius 2 is 2.21 bits per heavy atom. The lowest BCUT2D eigenvalue weighted by atomic mass is 10.2. The molecule has 1 aromatic rings. The van der Waals surface area contributed by atoms with Gasteiger partial charge in [0.15, 0.2) is 0 Å². The molecule has 0 aliphatic rings. The van der Waals surface area contributed by atoms with Crippen molar-refractivity contribution >= 4 is 23.2 Å². The van der Waals surface area contributed by atoms with Gasteiger partial charge in [-0.3, -0.25) is 14.9 Å². The van der Waals surface area contributed by atoms with Crippen LogP contribution in [0.2, 0.25) is 0 Å². The average Bonchev–Trinajstić information content (AvgIpc) is 2.77. The van der Waals surface area contributed by atoms with Gasteiger partial charge in [-0.2, -0.15) is 0 Å². The van der Waals surface area contributed by atoms with Gasteiger partial charge in [-0.1, -0.05) is 13.3 Å². The van der Waals surface area contributed by atoms with E-state index < -0.39 is 12.0 Å². The van der Waals surface area contributed by atoms with Gasteiger partial charge in [0.25, 0.3) is 0 Å². The molecule has 3 N–H and O–H groups in total. The van der Waals surface area contributed by atoms with E-state index in [9.17, 15) is 9.59 Å². The summed E-state index contributed by atoms with van der Waals surface area (Å²) in [5.74, 6) is -1.10. The topological polar surface area (TPSA) is 78.4 Å². The smallest absolute Gasteiger partial charge is 0.320 e. The van der Waals surface area contributed by atoms with Gasteiger partial charge < -0.3 is 10.4 Å². The maximum absolute atomic E-state index is 11.6. The van der Waals surface area contributed by atoms with Crippen molar-refractivity contribution in [2.24, 2.45) is 0 Å². The maximum atomic E-state index is 11.6. The third kappa shape index (κ3) is 5.40. The number of carboxylic acid groups (broad SMARTS) is 1. The van der Waals surface area contributed by atoms with Crippen molar-refractivity contribution in [3.63, 3.8) is 0 Å². The fourth-order valence-electron chi connectivity index (χ4n) is 1.64. The summed E-state index contributed by atoms with van der Waals surface area (Å²) in [7, 11) is 0. The number of hydrogen-bond donors (Lipinski definition) is 3. The van der Waals surface area contributed by atoms with E-state index in [1.165, 1.54) is 0 Å². The fraction of sp³-hybridized carbons (Fsp3) is 0.538. The van der Waals surface area contributed by atoms with Crippen LogP contribution in [0, 0.1) is 6.92 Å². The van der Waals surface area contributed by atoms with E-state index in [1.54, 1.807) is 11.3 Å². The third-order valence-corrected chi connectivity index (χ3v) is 3.82. The molecule has 0 radical (unpaired) electrons. The summed E-state index contributed by atoms with van der Waals surface area (Å²) in [6, 6.07) is 1.35. The molecular weight excluding hydrogens is 264 g/mol. The third-order valence-electron chi connectivity index (χ3n) is 2.80. The highest BCUT2D eigenvalue weighted by Gasteiger charge is 2.16. The van der Waals surface area contributed by atoms with Gasteiger partial charge in [0, 0.05) is 4.88 Å². The van der Waals surface area contributed by atoms with Gasteiger partial charge >= 0.3 is 5.97 Å². The van der Waals surface area contributed by atoms with Crippen molar-refractivity contribution in [3.8, 4) is 0 Å². The summed E-state index contributed by atoms with van der Waals surface area (Å²) in [4.78, 5) is 23.6. The standard InChI is InChI=1S/C13H20N2O3S/c1-3-4-10(13(17)18)14-8-12(16)15-7-11-9(2)5-6-19-11/h5-6,10,14H,3-4,7-8H2,1-2H3,(H,15,16)(H,17,18). The Morgan fingerprint density at radius 1 is 1.47 bits per heavy atom. The molecule has 5 nitrogen and oxygen atoms in total. The Hall–Kier alpha value is -1.40. The first-order chi connectivity index (χ1) is 9.04. The number of carbonyl (C=O) groups excluding carboxylic acids is 1. The molecule has 0 fully saturated rings. The molecule has 0 saturated carbocycles. The van der Waals surface area contributed by atoms with Crippen LogP contribution in [0.3, 0.4) is 0 Å². The van der Waals surface area contributed by atoms with Gasteiger partial charge in [-0.25, -0.2) is 0 Å². The number of nitrogens with one attached hydrogen (secondary N) is 2. The number of rotatable bonds is 8. The van der Waals surface area contributed by atoms with Gasteiger partial charge in [0.05, 0.1) is 13.1 Å². The molecule has 0 aliphatic heterocycles. The summed E-state index contributed by atoms with van der Waals surface area (Å²) in [5.41, 5.74) is 1.16. The molecule has 0 spiro atoms. The normalized spacial score (nSPS) is 12.1. The number of hydrogen-bond acceptors (Lipinski definition) is 4. The number of carbonyl (C=O) groups is 2. The number of thiophene rings is 1. The van der Waals surface area contributed by atoms with Crippen LogP contribution in [0.15, 0.2) is 11.4 Å². The Balaban J connectivity index is 2.31. The summed E-state index contributed by atoms with van der Waals surface area (Å²) >= 11 is 1.60. The lowest BCUT2D eigenvalue weighted by molar-refractivity contribution is -0.139. The first kappa shape index (κ1) is 15.7. The van der Waals surface area contributed by atoms with Crippen LogP contribution in [0.5, 0.6) is 0 Å². The minimum atomic E-state index is -0.913. The van der Waals surface area contributed by atoms with Gasteiger partial charge in [-0.05, 0) is 30.4 Å². The molecule has 1 amide bonds. The Bertz CT molecular complexity index is 431. The molecule has 0 aromatic carbocycles. The SMILES string of the molecule is CCCC(NCC(=O)NCc1sccc1C)C(=O)O. The maximum Gasteiger partial charge on any atom is 0.320 e. The monoisotopic (exact) mass is 284 g/mol. The Kier molecular flexibility index (Phi) is 6.52. The van der Waals surface area contributed by atoms with Crippen LogP contribution in [-0.2, 0) is 16.1 Å². The van der Waals surface area contributed by atoms with Gasteiger partial charge in [0.1, 0.15) is 6.04 Å². The molecule has 106 valence electrons. The first-order valence-electron chi connectivity index (χ1n) is 6.30. The van der Waals surface area contributed by atoms with E-state index in [-0.39, 0.29) is 12.5 Å². The minimum Gasteiger partial charge on any atom is -0.480 e. The van der Waals surface area contributed by atoms with E-state index in [0.717, 1.165) is 16.9 Å². The fourth-order valence-corrected chi connectivity index (χ4v) is 2.49. The molecule has 1 heterocycles. The predicted molar refractivity (Wildman–Crippen MR) is 75.2 cm³/mol. The average molecular weight is 284 g/mol. The van der Waals surface area contributed by atoms with Crippen LogP contribution in [0.25, 0.3) is 0 Å². The zero-order chi connectivity index (χ0) is 14.3. The summed E-state index contributed by atoms with van der Waals surface area (Å²) in [6.45, 7) is 4.44. The number of amides is 1. The highest BCUT2D eigenvalue weighted by molar-refractivity contribution is 7.10. The molecule has 1 atom stereocenters. The molecule has 6 heteroatoms. The molecule has 1 unspecified atom stereocenters. The minimum absolute atomic E-state index is 0.0292. The van der Waals surface area contributed by atoms with Crippen LogP contribution in [0.1, 0.15) is 30.2 Å². The van der Waals surface area contributed by atoms with Crippen LogP contribution < -0.4 is 10.6 Å². The molecule has 0 bridgehead atoms. The molecule has 0 saturated heterocycles. The lowest BCUT2D eigenvalue weighted by Crippen LogP contribution is -2.42. The lowest BCUT2D eigenvalue weighted by Gasteiger charge is -2.13. The summed E-state index contributed by atoms with van der Waals surface area (Å²) < 4.78 is 0. The second kappa shape index (κ2) is 7.91. The quantitative estimate of drug-likeness (QED) is 0.676. The second-order valence-electron chi connectivity index (χ2n) is 4.36. The molecule has 1 aromatic heterocycles. The Labute approximate surface area is 117 Å². The first-order valence-corrected chi connectivity index (χ1v) is 7.18. The van der Waals surface area contributed by atoms with E-state index in [2.05, 4.69) is 10.6 Å². The number of carboxylic acids is 1. The Morgan fingerprint density at radius 3 is 2.74 bits per heavy atom. The van der Waals surface area contributed by atoms with Crippen molar-refractivity contribution in [2.45, 2.75) is 39.3 Å². The van der Waals surface area contributed by atoms with E-state index in [4.69, 9.17) is 5.11 Å². The number of aryl methyl sites for hydroxylation is 1. The molecular formula is C13H20N2O3S. The second-order valence-corrected chi connectivity index (χ2v) is 5.36. The molecule has 19 heavy (non-hydrogen) atoms. The summed E-state index contributed by atoms with van der Waals surface area (Å²) in [5, 5.41) is 16.5. The highest BCUT2D eigenvalue weighted by Crippen LogP contribution is 2.14. The zero-order valence-corrected chi connectivity index (χ0v) is 12.0. The number of aliphatic carboxylic acids is 1. The zero-order valence-electron chi connectivity index (χ0n) is 11.2.